The fourth-order valence-corrected chi connectivity index (χ4v) is 2.42. The van der Waals surface area contributed by atoms with E-state index in [1.54, 1.807) is 17.0 Å². The second-order valence-electron chi connectivity index (χ2n) is 5.41. The number of amides is 1. The highest BCUT2D eigenvalue weighted by atomic mass is 16.5. The molecule has 1 heterocycles. The van der Waals surface area contributed by atoms with Crippen molar-refractivity contribution < 1.29 is 9.53 Å². The minimum atomic E-state index is -0.0391. The molecule has 0 saturated carbocycles. The van der Waals surface area contributed by atoms with Crippen LogP contribution in [-0.2, 0) is 0 Å². The van der Waals surface area contributed by atoms with E-state index >= 15 is 0 Å². The first kappa shape index (κ1) is 14.4. The Morgan fingerprint density at radius 3 is 3.00 bits per heavy atom. The number of benzene rings is 1. The first-order valence-corrected chi connectivity index (χ1v) is 7.05. The number of ether oxygens (including phenoxy) is 1. The van der Waals surface area contributed by atoms with E-state index in [0.717, 1.165) is 19.4 Å². The van der Waals surface area contributed by atoms with Gasteiger partial charge in [0.1, 0.15) is 5.75 Å². The molecule has 1 fully saturated rings. The van der Waals surface area contributed by atoms with Crippen LogP contribution in [0.15, 0.2) is 24.3 Å². The SMILES string of the molecule is CC(C)Oc1cccc(C(=O)N2CCCC(C#N)C2)c1. The number of nitriles is 1. The topological polar surface area (TPSA) is 53.3 Å². The van der Waals surface area contributed by atoms with Crippen molar-refractivity contribution in [2.45, 2.75) is 32.8 Å². The lowest BCUT2D eigenvalue weighted by Gasteiger charge is -2.29. The number of rotatable bonds is 3. The van der Waals surface area contributed by atoms with Gasteiger partial charge < -0.3 is 9.64 Å². The minimum Gasteiger partial charge on any atom is -0.491 e. The van der Waals surface area contributed by atoms with Crippen LogP contribution in [0.25, 0.3) is 0 Å². The molecule has 0 radical (unpaired) electrons. The van der Waals surface area contributed by atoms with Gasteiger partial charge in [0.25, 0.3) is 5.91 Å². The highest BCUT2D eigenvalue weighted by Crippen LogP contribution is 2.20. The van der Waals surface area contributed by atoms with Crippen LogP contribution in [0.5, 0.6) is 5.75 Å². The zero-order valence-corrected chi connectivity index (χ0v) is 12.0. The van der Waals surface area contributed by atoms with Crippen LogP contribution >= 0.6 is 0 Å². The maximum absolute atomic E-state index is 12.5. The molecule has 1 unspecified atom stereocenters. The highest BCUT2D eigenvalue weighted by molar-refractivity contribution is 5.94. The molecule has 1 amide bonds. The van der Waals surface area contributed by atoms with Crippen LogP contribution in [-0.4, -0.2) is 30.0 Å². The Kier molecular flexibility index (Phi) is 4.62. The summed E-state index contributed by atoms with van der Waals surface area (Å²) < 4.78 is 5.61. The van der Waals surface area contributed by atoms with Crippen LogP contribution in [0.2, 0.25) is 0 Å². The molecule has 1 atom stereocenters. The van der Waals surface area contributed by atoms with Crippen molar-refractivity contribution >= 4 is 5.91 Å². The fourth-order valence-electron chi connectivity index (χ4n) is 2.42. The summed E-state index contributed by atoms with van der Waals surface area (Å²) in [6.07, 6.45) is 1.86. The number of piperidine rings is 1. The third-order valence-electron chi connectivity index (χ3n) is 3.34. The Balaban J connectivity index is 2.10. The summed E-state index contributed by atoms with van der Waals surface area (Å²) in [7, 11) is 0. The molecule has 0 N–H and O–H groups in total. The zero-order chi connectivity index (χ0) is 14.5. The van der Waals surface area contributed by atoms with E-state index in [-0.39, 0.29) is 17.9 Å². The van der Waals surface area contributed by atoms with Gasteiger partial charge in [0.2, 0.25) is 0 Å². The van der Waals surface area contributed by atoms with Gasteiger partial charge in [0.05, 0.1) is 18.1 Å². The molecule has 106 valence electrons. The van der Waals surface area contributed by atoms with E-state index in [0.29, 0.717) is 17.9 Å². The summed E-state index contributed by atoms with van der Waals surface area (Å²) in [6.45, 7) is 5.17. The quantitative estimate of drug-likeness (QED) is 0.850. The zero-order valence-electron chi connectivity index (χ0n) is 12.0. The standard InChI is InChI=1S/C16H20N2O2/c1-12(2)20-15-7-3-6-14(9-15)16(19)18-8-4-5-13(10-17)11-18/h3,6-7,9,12-13H,4-5,8,11H2,1-2H3. The average molecular weight is 272 g/mol. The number of carbonyl (C=O) groups excluding carboxylic acids is 1. The maximum atomic E-state index is 12.5. The first-order chi connectivity index (χ1) is 9.60. The van der Waals surface area contributed by atoms with Gasteiger partial charge in [-0.1, -0.05) is 6.07 Å². The number of carbonyl (C=O) groups is 1. The predicted molar refractivity (Wildman–Crippen MR) is 76.4 cm³/mol. The summed E-state index contributed by atoms with van der Waals surface area (Å²) in [5, 5.41) is 9.00. The number of nitrogens with zero attached hydrogens (tertiary/aromatic N) is 2. The van der Waals surface area contributed by atoms with Crippen molar-refractivity contribution in [2.24, 2.45) is 5.92 Å². The molecular formula is C16H20N2O2. The molecule has 1 aliphatic heterocycles. The van der Waals surface area contributed by atoms with Crippen LogP contribution in [0.3, 0.4) is 0 Å². The van der Waals surface area contributed by atoms with Crippen molar-refractivity contribution in [2.75, 3.05) is 13.1 Å². The first-order valence-electron chi connectivity index (χ1n) is 7.05. The van der Waals surface area contributed by atoms with Gasteiger partial charge in [-0.3, -0.25) is 4.79 Å². The summed E-state index contributed by atoms with van der Waals surface area (Å²) in [5.41, 5.74) is 0.627. The van der Waals surface area contributed by atoms with E-state index in [9.17, 15) is 4.79 Å². The lowest BCUT2D eigenvalue weighted by Crippen LogP contribution is -2.39. The predicted octanol–water partition coefficient (Wildman–Crippen LogP) is 2.85. The molecule has 0 aliphatic carbocycles. The Bertz CT molecular complexity index is 519. The molecule has 1 saturated heterocycles. The maximum Gasteiger partial charge on any atom is 0.254 e. The molecule has 1 aromatic carbocycles. The van der Waals surface area contributed by atoms with E-state index in [1.165, 1.54) is 0 Å². The van der Waals surface area contributed by atoms with Gasteiger partial charge >= 0.3 is 0 Å². The highest BCUT2D eigenvalue weighted by Gasteiger charge is 2.24. The lowest BCUT2D eigenvalue weighted by molar-refractivity contribution is 0.0698. The Morgan fingerprint density at radius 2 is 2.30 bits per heavy atom. The molecule has 0 spiro atoms. The smallest absolute Gasteiger partial charge is 0.254 e. The second kappa shape index (κ2) is 6.42. The Labute approximate surface area is 120 Å². The number of likely N-dealkylation sites (tertiary alicyclic amines) is 1. The van der Waals surface area contributed by atoms with Gasteiger partial charge in [0.15, 0.2) is 0 Å². The van der Waals surface area contributed by atoms with Crippen LogP contribution in [0.1, 0.15) is 37.0 Å². The van der Waals surface area contributed by atoms with Crippen LogP contribution in [0, 0.1) is 17.2 Å². The molecule has 1 aliphatic rings. The average Bonchev–Trinajstić information content (AvgIpc) is 2.46. The van der Waals surface area contributed by atoms with Gasteiger partial charge in [-0.25, -0.2) is 0 Å². The second-order valence-corrected chi connectivity index (χ2v) is 5.41. The summed E-state index contributed by atoms with van der Waals surface area (Å²) in [4.78, 5) is 14.2. The molecule has 4 heteroatoms. The van der Waals surface area contributed by atoms with E-state index in [1.807, 2.05) is 26.0 Å². The Morgan fingerprint density at radius 1 is 1.50 bits per heavy atom. The third-order valence-corrected chi connectivity index (χ3v) is 3.34. The summed E-state index contributed by atoms with van der Waals surface area (Å²) >= 11 is 0. The molecule has 1 aromatic rings. The minimum absolute atomic E-state index is 0.0147. The van der Waals surface area contributed by atoms with Crippen molar-refractivity contribution in [3.63, 3.8) is 0 Å². The van der Waals surface area contributed by atoms with E-state index in [2.05, 4.69) is 6.07 Å². The van der Waals surface area contributed by atoms with Crippen molar-refractivity contribution in [3.05, 3.63) is 29.8 Å². The molecule has 0 aromatic heterocycles. The molecule has 4 nitrogen and oxygen atoms in total. The monoisotopic (exact) mass is 272 g/mol. The van der Waals surface area contributed by atoms with E-state index in [4.69, 9.17) is 10.00 Å². The Hall–Kier alpha value is -2.02. The fraction of sp³-hybridized carbons (Fsp3) is 0.500. The largest absolute Gasteiger partial charge is 0.491 e. The molecular weight excluding hydrogens is 252 g/mol. The third kappa shape index (κ3) is 3.51. The molecule has 20 heavy (non-hydrogen) atoms. The van der Waals surface area contributed by atoms with Crippen LogP contribution in [0.4, 0.5) is 0 Å². The van der Waals surface area contributed by atoms with Gasteiger partial charge in [0, 0.05) is 18.7 Å². The number of hydrogen-bond acceptors (Lipinski definition) is 3. The van der Waals surface area contributed by atoms with Crippen molar-refractivity contribution in [1.29, 1.82) is 5.26 Å². The molecule has 0 bridgehead atoms. The number of hydrogen-bond donors (Lipinski definition) is 0. The van der Waals surface area contributed by atoms with E-state index < -0.39 is 0 Å². The van der Waals surface area contributed by atoms with Crippen LogP contribution < -0.4 is 4.74 Å². The normalized spacial score (nSPS) is 18.7. The summed E-state index contributed by atoms with van der Waals surface area (Å²) in [5.74, 6) is 0.654. The van der Waals surface area contributed by atoms with Crippen molar-refractivity contribution in [3.8, 4) is 11.8 Å². The molecule has 2 rings (SSSR count). The summed E-state index contributed by atoms with van der Waals surface area (Å²) in [6, 6.07) is 9.51. The lowest BCUT2D eigenvalue weighted by atomic mass is 9.99. The van der Waals surface area contributed by atoms with Gasteiger partial charge in [-0.15, -0.1) is 0 Å². The van der Waals surface area contributed by atoms with Gasteiger partial charge in [-0.05, 0) is 44.9 Å². The van der Waals surface area contributed by atoms with Gasteiger partial charge in [-0.2, -0.15) is 5.26 Å². The van der Waals surface area contributed by atoms with Crippen molar-refractivity contribution in [1.82, 2.24) is 4.90 Å².